The number of carbonyl (C=O) groups excluding carboxylic acids is 1. The lowest BCUT2D eigenvalue weighted by atomic mass is 10.1. The highest BCUT2D eigenvalue weighted by molar-refractivity contribution is 5.72. The second-order valence-corrected chi connectivity index (χ2v) is 2.96. The molecule has 1 N–H and O–H groups in total. The van der Waals surface area contributed by atoms with Crippen molar-refractivity contribution in [2.75, 3.05) is 0 Å². The van der Waals surface area contributed by atoms with Gasteiger partial charge < -0.3 is 5.32 Å². The Morgan fingerprint density at radius 3 is 2.85 bits per heavy atom. The van der Waals surface area contributed by atoms with Gasteiger partial charge in [-0.25, -0.2) is 4.39 Å². The van der Waals surface area contributed by atoms with E-state index in [1.165, 1.54) is 6.92 Å². The van der Waals surface area contributed by atoms with Crippen LogP contribution in [0.2, 0.25) is 0 Å². The topological polar surface area (TPSA) is 29.1 Å². The minimum absolute atomic E-state index is 0.152. The Morgan fingerprint density at radius 2 is 2.23 bits per heavy atom. The molecule has 0 aromatic heterocycles. The fourth-order valence-electron chi connectivity index (χ4n) is 1.06. The Morgan fingerprint density at radius 1 is 1.54 bits per heavy atom. The average Bonchev–Trinajstić information content (AvgIpc) is 2.07. The fourth-order valence-corrected chi connectivity index (χ4v) is 1.06. The maximum atomic E-state index is 13.3. The monoisotopic (exact) mass is 181 g/mol. The molecular weight excluding hydrogens is 169 g/mol. The molecule has 0 aliphatic rings. The summed E-state index contributed by atoms with van der Waals surface area (Å²) < 4.78 is 13.3. The van der Waals surface area contributed by atoms with Crippen molar-refractivity contribution in [3.63, 3.8) is 0 Å². The van der Waals surface area contributed by atoms with E-state index in [0.29, 0.717) is 11.1 Å². The lowest BCUT2D eigenvalue weighted by molar-refractivity contribution is -0.119. The summed E-state index contributed by atoms with van der Waals surface area (Å²) in [5.74, 6) is -0.392. The van der Waals surface area contributed by atoms with Gasteiger partial charge in [-0.05, 0) is 12.5 Å². The zero-order valence-electron chi connectivity index (χ0n) is 7.73. The summed E-state index contributed by atoms with van der Waals surface area (Å²) in [6, 6.07) is 5.14. The number of benzene rings is 1. The van der Waals surface area contributed by atoms with Crippen LogP contribution in [-0.4, -0.2) is 5.91 Å². The van der Waals surface area contributed by atoms with Crippen molar-refractivity contribution < 1.29 is 9.18 Å². The zero-order valence-corrected chi connectivity index (χ0v) is 7.73. The summed E-state index contributed by atoms with van der Waals surface area (Å²) >= 11 is 0. The summed E-state index contributed by atoms with van der Waals surface area (Å²) in [6.07, 6.45) is 0. The molecule has 0 unspecified atom stereocenters. The first kappa shape index (κ1) is 9.71. The van der Waals surface area contributed by atoms with Gasteiger partial charge >= 0.3 is 0 Å². The summed E-state index contributed by atoms with van der Waals surface area (Å²) in [7, 11) is 0. The summed E-state index contributed by atoms with van der Waals surface area (Å²) in [5.41, 5.74) is 1.12. The van der Waals surface area contributed by atoms with E-state index in [1.807, 2.05) is 0 Å². The third-order valence-electron chi connectivity index (χ3n) is 1.80. The summed E-state index contributed by atoms with van der Waals surface area (Å²) in [4.78, 5) is 10.6. The highest BCUT2D eigenvalue weighted by atomic mass is 19.1. The summed E-state index contributed by atoms with van der Waals surface area (Å²) in [5, 5.41) is 2.55. The van der Waals surface area contributed by atoms with E-state index >= 15 is 0 Å². The molecule has 0 saturated carbocycles. The Labute approximate surface area is 76.8 Å². The molecular formula is C10H12FNO. The van der Waals surface area contributed by atoms with Crippen LogP contribution < -0.4 is 5.32 Å². The van der Waals surface area contributed by atoms with Gasteiger partial charge in [0.2, 0.25) is 5.91 Å². The minimum Gasteiger partial charge on any atom is -0.352 e. The first-order valence-corrected chi connectivity index (χ1v) is 4.09. The molecule has 1 amide bonds. The third-order valence-corrected chi connectivity index (χ3v) is 1.80. The SMILES string of the molecule is CC(=O)NCc1cccc(C)c1F. The molecule has 0 bridgehead atoms. The Bertz CT molecular complexity index is 323. The predicted octanol–water partition coefficient (Wildman–Crippen LogP) is 1.77. The molecule has 1 rings (SSSR count). The van der Waals surface area contributed by atoms with E-state index in [4.69, 9.17) is 0 Å². The van der Waals surface area contributed by atoms with Crippen molar-refractivity contribution in [2.45, 2.75) is 20.4 Å². The minimum atomic E-state index is -0.240. The third kappa shape index (κ3) is 2.54. The molecule has 1 aromatic rings. The van der Waals surface area contributed by atoms with Crippen molar-refractivity contribution in [1.82, 2.24) is 5.32 Å². The van der Waals surface area contributed by atoms with Crippen molar-refractivity contribution in [1.29, 1.82) is 0 Å². The molecule has 0 aliphatic carbocycles. The highest BCUT2D eigenvalue weighted by Gasteiger charge is 2.03. The molecule has 0 fully saturated rings. The van der Waals surface area contributed by atoms with Crippen LogP contribution in [0.4, 0.5) is 4.39 Å². The van der Waals surface area contributed by atoms with Gasteiger partial charge in [0.1, 0.15) is 5.82 Å². The number of amides is 1. The smallest absolute Gasteiger partial charge is 0.217 e. The number of halogens is 1. The van der Waals surface area contributed by atoms with Gasteiger partial charge in [0.25, 0.3) is 0 Å². The molecule has 0 spiro atoms. The van der Waals surface area contributed by atoms with Gasteiger partial charge in [0.05, 0.1) is 0 Å². The fraction of sp³-hybridized carbons (Fsp3) is 0.300. The largest absolute Gasteiger partial charge is 0.352 e. The molecule has 0 radical (unpaired) electrons. The Balaban J connectivity index is 2.77. The standard InChI is InChI=1S/C10H12FNO/c1-7-4-3-5-9(10(7)11)6-12-8(2)13/h3-5H,6H2,1-2H3,(H,12,13). The maximum absolute atomic E-state index is 13.3. The van der Waals surface area contributed by atoms with E-state index in [-0.39, 0.29) is 18.3 Å². The van der Waals surface area contributed by atoms with Crippen LogP contribution in [0.5, 0.6) is 0 Å². The number of rotatable bonds is 2. The second-order valence-electron chi connectivity index (χ2n) is 2.96. The van der Waals surface area contributed by atoms with Crippen LogP contribution in [-0.2, 0) is 11.3 Å². The van der Waals surface area contributed by atoms with Gasteiger partial charge in [-0.15, -0.1) is 0 Å². The van der Waals surface area contributed by atoms with Crippen LogP contribution in [0.15, 0.2) is 18.2 Å². The van der Waals surface area contributed by atoms with Gasteiger partial charge in [-0.1, -0.05) is 18.2 Å². The van der Waals surface area contributed by atoms with E-state index in [2.05, 4.69) is 5.32 Å². The van der Waals surface area contributed by atoms with Crippen LogP contribution in [0, 0.1) is 12.7 Å². The lowest BCUT2D eigenvalue weighted by Crippen LogP contribution is -2.19. The molecule has 0 atom stereocenters. The van der Waals surface area contributed by atoms with E-state index < -0.39 is 0 Å². The van der Waals surface area contributed by atoms with Crippen molar-refractivity contribution in [3.8, 4) is 0 Å². The molecule has 0 heterocycles. The molecule has 0 saturated heterocycles. The van der Waals surface area contributed by atoms with Gasteiger partial charge in [0.15, 0.2) is 0 Å². The van der Waals surface area contributed by atoms with Gasteiger partial charge in [0, 0.05) is 19.0 Å². The molecule has 2 nitrogen and oxygen atoms in total. The quantitative estimate of drug-likeness (QED) is 0.740. The zero-order chi connectivity index (χ0) is 9.84. The first-order valence-electron chi connectivity index (χ1n) is 4.09. The van der Waals surface area contributed by atoms with Crippen molar-refractivity contribution in [2.24, 2.45) is 0 Å². The maximum Gasteiger partial charge on any atom is 0.217 e. The first-order chi connectivity index (χ1) is 6.11. The van der Waals surface area contributed by atoms with Crippen molar-refractivity contribution >= 4 is 5.91 Å². The van der Waals surface area contributed by atoms with Crippen LogP contribution in [0.1, 0.15) is 18.1 Å². The molecule has 3 heteroatoms. The average molecular weight is 181 g/mol. The van der Waals surface area contributed by atoms with E-state index in [1.54, 1.807) is 25.1 Å². The van der Waals surface area contributed by atoms with Gasteiger partial charge in [-0.2, -0.15) is 0 Å². The number of hydrogen-bond donors (Lipinski definition) is 1. The normalized spacial score (nSPS) is 9.77. The van der Waals surface area contributed by atoms with Crippen molar-refractivity contribution in [3.05, 3.63) is 35.1 Å². The molecule has 1 aromatic carbocycles. The van der Waals surface area contributed by atoms with Crippen LogP contribution in [0.25, 0.3) is 0 Å². The number of aryl methyl sites for hydroxylation is 1. The number of carbonyl (C=O) groups is 1. The molecule has 0 aliphatic heterocycles. The highest BCUT2D eigenvalue weighted by Crippen LogP contribution is 2.11. The van der Waals surface area contributed by atoms with E-state index in [9.17, 15) is 9.18 Å². The number of nitrogens with one attached hydrogen (secondary N) is 1. The van der Waals surface area contributed by atoms with Crippen LogP contribution >= 0.6 is 0 Å². The Hall–Kier alpha value is -1.38. The van der Waals surface area contributed by atoms with Crippen LogP contribution in [0.3, 0.4) is 0 Å². The van der Waals surface area contributed by atoms with Gasteiger partial charge in [-0.3, -0.25) is 4.79 Å². The Kier molecular flexibility index (Phi) is 3.01. The lowest BCUT2D eigenvalue weighted by Gasteiger charge is -2.05. The number of hydrogen-bond acceptors (Lipinski definition) is 1. The molecule has 70 valence electrons. The van der Waals surface area contributed by atoms with E-state index in [0.717, 1.165) is 0 Å². The molecule has 13 heavy (non-hydrogen) atoms. The summed E-state index contributed by atoms with van der Waals surface area (Å²) in [6.45, 7) is 3.36. The predicted molar refractivity (Wildman–Crippen MR) is 48.7 cm³/mol. The second kappa shape index (κ2) is 4.03.